The fourth-order valence-electron chi connectivity index (χ4n) is 3.52. The molecule has 1 atom stereocenters. The highest BCUT2D eigenvalue weighted by Gasteiger charge is 2.38. The van der Waals surface area contributed by atoms with E-state index in [9.17, 15) is 22.8 Å². The van der Waals surface area contributed by atoms with Crippen LogP contribution in [0.4, 0.5) is 24.5 Å². The first kappa shape index (κ1) is 25.3. The standard InChI is InChI=1S/C26H22F3N3O3S/c1-2-32-24(34)22(36-25(32)31-18-9-6-8-17(14-18)26(27,28)29)16-23(33)30-19-10-7-13-21(15-19)35-20-11-4-3-5-12-20/h3-15,22H,2,16H2,1H3,(H,30,33). The molecular formula is C26H22F3N3O3S. The van der Waals surface area contributed by atoms with Gasteiger partial charge in [0.25, 0.3) is 0 Å². The number of hydrogen-bond donors (Lipinski definition) is 1. The molecule has 3 aromatic rings. The Morgan fingerprint density at radius 1 is 1.03 bits per heavy atom. The average Bonchev–Trinajstić information content (AvgIpc) is 3.13. The van der Waals surface area contributed by atoms with Crippen LogP contribution in [-0.2, 0) is 15.8 Å². The van der Waals surface area contributed by atoms with Crippen LogP contribution in [0.25, 0.3) is 0 Å². The molecule has 0 saturated carbocycles. The number of ether oxygens (including phenoxy) is 1. The Morgan fingerprint density at radius 3 is 2.47 bits per heavy atom. The Bertz CT molecular complexity index is 1280. The van der Waals surface area contributed by atoms with Gasteiger partial charge in [-0.25, -0.2) is 4.99 Å². The molecule has 10 heteroatoms. The van der Waals surface area contributed by atoms with Gasteiger partial charge in [-0.2, -0.15) is 13.2 Å². The van der Waals surface area contributed by atoms with Crippen molar-refractivity contribution in [2.45, 2.75) is 24.8 Å². The third-order valence-electron chi connectivity index (χ3n) is 5.20. The lowest BCUT2D eigenvalue weighted by Gasteiger charge is -2.14. The van der Waals surface area contributed by atoms with Crippen LogP contribution in [0, 0.1) is 0 Å². The zero-order valence-electron chi connectivity index (χ0n) is 19.2. The van der Waals surface area contributed by atoms with E-state index in [1.165, 1.54) is 17.0 Å². The van der Waals surface area contributed by atoms with Gasteiger partial charge < -0.3 is 10.1 Å². The number of hydrogen-bond acceptors (Lipinski definition) is 5. The number of alkyl halides is 3. The van der Waals surface area contributed by atoms with E-state index < -0.39 is 17.0 Å². The monoisotopic (exact) mass is 513 g/mol. The molecule has 3 aromatic carbocycles. The lowest BCUT2D eigenvalue weighted by atomic mass is 10.2. The third-order valence-corrected chi connectivity index (χ3v) is 6.38. The zero-order chi connectivity index (χ0) is 25.7. The predicted molar refractivity (Wildman–Crippen MR) is 134 cm³/mol. The molecule has 1 unspecified atom stereocenters. The van der Waals surface area contributed by atoms with Crippen molar-refractivity contribution in [3.05, 3.63) is 84.4 Å². The molecular weight excluding hydrogens is 491 g/mol. The average molecular weight is 514 g/mol. The van der Waals surface area contributed by atoms with Crippen molar-refractivity contribution in [2.24, 2.45) is 4.99 Å². The molecule has 36 heavy (non-hydrogen) atoms. The van der Waals surface area contributed by atoms with Gasteiger partial charge in [0, 0.05) is 24.7 Å². The molecule has 1 aliphatic rings. The Balaban J connectivity index is 1.43. The van der Waals surface area contributed by atoms with Crippen molar-refractivity contribution < 1.29 is 27.5 Å². The number of carbonyl (C=O) groups is 2. The van der Waals surface area contributed by atoms with Crippen LogP contribution in [0.1, 0.15) is 18.9 Å². The second-order valence-corrected chi connectivity index (χ2v) is 9.00. The molecule has 6 nitrogen and oxygen atoms in total. The van der Waals surface area contributed by atoms with Crippen LogP contribution >= 0.6 is 11.8 Å². The van der Waals surface area contributed by atoms with Crippen LogP contribution in [0.2, 0.25) is 0 Å². The number of amidine groups is 1. The number of anilines is 1. The maximum atomic E-state index is 13.0. The number of amides is 2. The molecule has 0 aromatic heterocycles. The number of nitrogens with one attached hydrogen (secondary N) is 1. The number of aliphatic imine (C=N–C) groups is 1. The summed E-state index contributed by atoms with van der Waals surface area (Å²) in [6, 6.07) is 20.7. The quantitative estimate of drug-likeness (QED) is 0.393. The highest BCUT2D eigenvalue weighted by molar-refractivity contribution is 8.15. The van der Waals surface area contributed by atoms with Crippen molar-refractivity contribution >= 4 is 40.1 Å². The number of nitrogens with zero attached hydrogens (tertiary/aromatic N) is 2. The molecule has 1 N–H and O–H groups in total. The van der Waals surface area contributed by atoms with E-state index in [-0.39, 0.29) is 35.6 Å². The van der Waals surface area contributed by atoms with Crippen molar-refractivity contribution in [1.29, 1.82) is 0 Å². The number of halogens is 3. The molecule has 1 aliphatic heterocycles. The predicted octanol–water partition coefficient (Wildman–Crippen LogP) is 6.48. The lowest BCUT2D eigenvalue weighted by Crippen LogP contribution is -2.33. The van der Waals surface area contributed by atoms with Gasteiger partial charge >= 0.3 is 6.18 Å². The molecule has 186 valence electrons. The summed E-state index contributed by atoms with van der Waals surface area (Å²) in [6.45, 7) is 2.02. The highest BCUT2D eigenvalue weighted by atomic mass is 32.2. The fourth-order valence-corrected chi connectivity index (χ4v) is 4.74. The Labute approximate surface area is 210 Å². The summed E-state index contributed by atoms with van der Waals surface area (Å²) < 4.78 is 44.9. The van der Waals surface area contributed by atoms with Crippen LogP contribution in [-0.4, -0.2) is 33.7 Å². The van der Waals surface area contributed by atoms with E-state index in [4.69, 9.17) is 4.74 Å². The van der Waals surface area contributed by atoms with Gasteiger partial charge in [-0.1, -0.05) is 42.1 Å². The minimum atomic E-state index is -4.50. The number of carbonyl (C=O) groups excluding carboxylic acids is 2. The minimum Gasteiger partial charge on any atom is -0.457 e. The summed E-state index contributed by atoms with van der Waals surface area (Å²) in [6.07, 6.45) is -4.62. The highest BCUT2D eigenvalue weighted by Crippen LogP contribution is 2.35. The summed E-state index contributed by atoms with van der Waals surface area (Å²) in [7, 11) is 0. The number of benzene rings is 3. The number of para-hydroxylation sites is 1. The molecule has 1 saturated heterocycles. The largest absolute Gasteiger partial charge is 0.457 e. The molecule has 0 spiro atoms. The van der Waals surface area contributed by atoms with E-state index in [2.05, 4.69) is 10.3 Å². The third kappa shape index (κ3) is 6.25. The van der Waals surface area contributed by atoms with E-state index in [0.717, 1.165) is 23.9 Å². The summed E-state index contributed by atoms with van der Waals surface area (Å²) >= 11 is 1.06. The summed E-state index contributed by atoms with van der Waals surface area (Å²) in [5.74, 6) is 0.498. The van der Waals surface area contributed by atoms with E-state index in [1.54, 1.807) is 31.2 Å². The number of rotatable bonds is 7. The molecule has 0 aliphatic carbocycles. The summed E-state index contributed by atoms with van der Waals surface area (Å²) in [4.78, 5) is 31.2. The molecule has 1 heterocycles. The van der Waals surface area contributed by atoms with Crippen LogP contribution in [0.15, 0.2) is 83.9 Å². The Kier molecular flexibility index (Phi) is 7.64. The maximum absolute atomic E-state index is 13.0. The van der Waals surface area contributed by atoms with Gasteiger partial charge in [-0.15, -0.1) is 0 Å². The van der Waals surface area contributed by atoms with Crippen molar-refractivity contribution in [2.75, 3.05) is 11.9 Å². The SMILES string of the molecule is CCN1C(=O)C(CC(=O)Nc2cccc(Oc3ccccc3)c2)SC1=Nc1cccc(C(F)(F)F)c1. The smallest absolute Gasteiger partial charge is 0.416 e. The van der Waals surface area contributed by atoms with Gasteiger partial charge in [-0.05, 0) is 49.4 Å². The van der Waals surface area contributed by atoms with Gasteiger partial charge in [0.2, 0.25) is 11.8 Å². The van der Waals surface area contributed by atoms with Gasteiger partial charge in [0.05, 0.1) is 11.3 Å². The summed E-state index contributed by atoms with van der Waals surface area (Å²) in [5.41, 5.74) is -0.232. The lowest BCUT2D eigenvalue weighted by molar-refractivity contribution is -0.137. The Morgan fingerprint density at radius 2 is 1.75 bits per heavy atom. The van der Waals surface area contributed by atoms with Crippen LogP contribution < -0.4 is 10.1 Å². The molecule has 4 rings (SSSR count). The molecule has 0 bridgehead atoms. The van der Waals surface area contributed by atoms with Gasteiger partial charge in [0.1, 0.15) is 16.7 Å². The minimum absolute atomic E-state index is 0.0823. The number of thioether (sulfide) groups is 1. The van der Waals surface area contributed by atoms with E-state index in [0.29, 0.717) is 17.2 Å². The van der Waals surface area contributed by atoms with Crippen molar-refractivity contribution in [3.8, 4) is 11.5 Å². The first-order chi connectivity index (χ1) is 17.2. The van der Waals surface area contributed by atoms with Crippen LogP contribution in [0.5, 0.6) is 11.5 Å². The fraction of sp³-hybridized carbons (Fsp3) is 0.192. The van der Waals surface area contributed by atoms with Crippen LogP contribution in [0.3, 0.4) is 0 Å². The van der Waals surface area contributed by atoms with Crippen molar-refractivity contribution in [1.82, 2.24) is 4.90 Å². The Hall–Kier alpha value is -3.79. The van der Waals surface area contributed by atoms with Crippen molar-refractivity contribution in [3.63, 3.8) is 0 Å². The molecule has 2 amide bonds. The summed E-state index contributed by atoms with van der Waals surface area (Å²) in [5, 5.41) is 2.29. The van der Waals surface area contributed by atoms with E-state index in [1.807, 2.05) is 30.3 Å². The topological polar surface area (TPSA) is 71.0 Å². The second kappa shape index (κ2) is 10.9. The zero-order valence-corrected chi connectivity index (χ0v) is 20.0. The van der Waals surface area contributed by atoms with Gasteiger partial charge in [-0.3, -0.25) is 14.5 Å². The first-order valence-electron chi connectivity index (χ1n) is 11.1. The molecule has 1 fully saturated rings. The normalized spacial score (nSPS) is 16.9. The maximum Gasteiger partial charge on any atom is 0.416 e. The van der Waals surface area contributed by atoms with Gasteiger partial charge in [0.15, 0.2) is 5.17 Å². The first-order valence-corrected chi connectivity index (χ1v) is 12.0. The second-order valence-electron chi connectivity index (χ2n) is 7.83. The van der Waals surface area contributed by atoms with E-state index >= 15 is 0 Å². The molecule has 0 radical (unpaired) electrons.